The van der Waals surface area contributed by atoms with Crippen molar-refractivity contribution in [1.82, 2.24) is 15.0 Å². The van der Waals surface area contributed by atoms with Crippen LogP contribution in [-0.4, -0.2) is 15.0 Å². The topological polar surface area (TPSA) is 47.9 Å². The molecule has 4 nitrogen and oxygen atoms in total. The number of ether oxygens (including phenoxy) is 1. The SMILES string of the molecule is c1ccc(-c2nc(-c3ccc4ccc5ccc6cccc7c6c5c4c3O7)nc(-c3cccc4c3ccc3ccccc34)n2)cc1. The molecule has 0 aliphatic carbocycles. The van der Waals surface area contributed by atoms with Gasteiger partial charge >= 0.3 is 0 Å². The summed E-state index contributed by atoms with van der Waals surface area (Å²) >= 11 is 0. The van der Waals surface area contributed by atoms with Crippen molar-refractivity contribution < 1.29 is 4.74 Å². The first kappa shape index (κ1) is 24.3. The molecule has 0 unspecified atom stereocenters. The zero-order valence-corrected chi connectivity index (χ0v) is 24.0. The van der Waals surface area contributed by atoms with Crippen LogP contribution in [0.15, 0.2) is 140 Å². The summed E-state index contributed by atoms with van der Waals surface area (Å²) in [6.45, 7) is 0. The molecule has 0 saturated carbocycles. The Morgan fingerprint density at radius 3 is 1.84 bits per heavy atom. The van der Waals surface area contributed by atoms with Gasteiger partial charge in [0.25, 0.3) is 0 Å². The number of hydrogen-bond donors (Lipinski definition) is 0. The first-order valence-corrected chi connectivity index (χ1v) is 15.1. The third-order valence-electron chi connectivity index (χ3n) is 9.07. The Morgan fingerprint density at radius 2 is 0.978 bits per heavy atom. The van der Waals surface area contributed by atoms with Crippen LogP contribution >= 0.6 is 0 Å². The van der Waals surface area contributed by atoms with E-state index in [0.29, 0.717) is 17.5 Å². The largest absolute Gasteiger partial charge is 0.455 e. The van der Waals surface area contributed by atoms with E-state index in [2.05, 4.69) is 109 Å². The number of hydrogen-bond acceptors (Lipinski definition) is 4. The van der Waals surface area contributed by atoms with Gasteiger partial charge in [-0.05, 0) is 49.8 Å². The molecule has 0 amide bonds. The molecule has 0 saturated heterocycles. The third kappa shape index (κ3) is 3.57. The van der Waals surface area contributed by atoms with Crippen molar-refractivity contribution in [3.8, 4) is 45.7 Å². The molecule has 208 valence electrons. The predicted molar refractivity (Wildman–Crippen MR) is 184 cm³/mol. The lowest BCUT2D eigenvalue weighted by atomic mass is 9.92. The summed E-state index contributed by atoms with van der Waals surface area (Å²) in [4.78, 5) is 15.4. The molecule has 0 N–H and O–H groups in total. The number of rotatable bonds is 3. The zero-order valence-electron chi connectivity index (χ0n) is 24.0. The molecular weight excluding hydrogens is 550 g/mol. The van der Waals surface area contributed by atoms with E-state index in [1.165, 1.54) is 32.3 Å². The molecule has 1 aromatic heterocycles. The van der Waals surface area contributed by atoms with E-state index in [-0.39, 0.29) is 0 Å². The molecule has 2 heterocycles. The van der Waals surface area contributed by atoms with Gasteiger partial charge < -0.3 is 4.74 Å². The van der Waals surface area contributed by atoms with Crippen LogP contribution in [0.1, 0.15) is 0 Å². The molecule has 4 heteroatoms. The second-order valence-corrected chi connectivity index (χ2v) is 11.6. The summed E-state index contributed by atoms with van der Waals surface area (Å²) in [6.07, 6.45) is 0. The Bertz CT molecular complexity index is 2680. The number of fused-ring (bicyclic) bond motifs is 3. The van der Waals surface area contributed by atoms with Crippen LogP contribution in [-0.2, 0) is 0 Å². The average Bonchev–Trinajstić information content (AvgIpc) is 3.11. The normalized spacial score (nSPS) is 12.2. The first-order chi connectivity index (χ1) is 22.3. The van der Waals surface area contributed by atoms with Crippen LogP contribution in [0, 0.1) is 0 Å². The fraction of sp³-hybridized carbons (Fsp3) is 0. The molecule has 1 aliphatic rings. The van der Waals surface area contributed by atoms with Crippen LogP contribution in [0.2, 0.25) is 0 Å². The molecule has 0 atom stereocenters. The van der Waals surface area contributed by atoms with Crippen molar-refractivity contribution in [2.45, 2.75) is 0 Å². The fourth-order valence-corrected chi connectivity index (χ4v) is 6.99. The molecular formula is C41H23N3O. The van der Waals surface area contributed by atoms with E-state index in [1.807, 2.05) is 30.3 Å². The Labute approximate surface area is 258 Å². The molecule has 9 aromatic rings. The van der Waals surface area contributed by atoms with Crippen LogP contribution in [0.3, 0.4) is 0 Å². The highest BCUT2D eigenvalue weighted by molar-refractivity contribution is 6.26. The van der Waals surface area contributed by atoms with Gasteiger partial charge in [0.15, 0.2) is 17.5 Å². The Balaban J connectivity index is 1.28. The van der Waals surface area contributed by atoms with Crippen LogP contribution in [0.25, 0.3) is 88.0 Å². The highest BCUT2D eigenvalue weighted by Gasteiger charge is 2.24. The molecule has 1 aliphatic heterocycles. The molecule has 0 fully saturated rings. The molecule has 10 rings (SSSR count). The highest BCUT2D eigenvalue weighted by atomic mass is 16.5. The average molecular weight is 574 g/mol. The highest BCUT2D eigenvalue weighted by Crippen LogP contribution is 2.50. The van der Waals surface area contributed by atoms with E-state index in [0.717, 1.165) is 49.7 Å². The Kier molecular flexibility index (Phi) is 4.96. The standard InChI is InChI=1S/C41H23N3O/c1-2-9-28(10-3-1)39-42-40(32-14-7-13-30-29-12-5-4-8-24(29)20-22-31(30)32)44-41(43-39)33-23-21-27-19-18-26-17-16-25-11-6-15-34-35(25)36(26)37(27)38(33)45-34/h1-23H. The smallest absolute Gasteiger partial charge is 0.167 e. The second kappa shape index (κ2) is 9.18. The van der Waals surface area contributed by atoms with Crippen molar-refractivity contribution in [3.05, 3.63) is 140 Å². The van der Waals surface area contributed by atoms with Gasteiger partial charge in [-0.2, -0.15) is 0 Å². The Morgan fingerprint density at radius 1 is 0.356 bits per heavy atom. The molecule has 0 radical (unpaired) electrons. The van der Waals surface area contributed by atoms with Gasteiger partial charge in [-0.1, -0.05) is 127 Å². The molecule has 8 aromatic carbocycles. The fourth-order valence-electron chi connectivity index (χ4n) is 6.99. The van der Waals surface area contributed by atoms with Gasteiger partial charge in [0.2, 0.25) is 0 Å². The van der Waals surface area contributed by atoms with Crippen molar-refractivity contribution in [1.29, 1.82) is 0 Å². The summed E-state index contributed by atoms with van der Waals surface area (Å²) < 4.78 is 6.78. The minimum Gasteiger partial charge on any atom is -0.455 e. The number of nitrogens with zero attached hydrogens (tertiary/aromatic N) is 3. The van der Waals surface area contributed by atoms with Gasteiger partial charge in [-0.3, -0.25) is 0 Å². The van der Waals surface area contributed by atoms with E-state index >= 15 is 0 Å². The van der Waals surface area contributed by atoms with Gasteiger partial charge in [-0.25, -0.2) is 15.0 Å². The summed E-state index contributed by atoms with van der Waals surface area (Å²) in [6, 6.07) is 48.5. The van der Waals surface area contributed by atoms with Gasteiger partial charge in [-0.15, -0.1) is 0 Å². The Hall–Kier alpha value is -6.13. The minimum atomic E-state index is 0.581. The molecule has 0 spiro atoms. The lowest BCUT2D eigenvalue weighted by Crippen LogP contribution is -2.03. The van der Waals surface area contributed by atoms with E-state index in [4.69, 9.17) is 19.7 Å². The van der Waals surface area contributed by atoms with E-state index in [9.17, 15) is 0 Å². The number of benzene rings is 8. The van der Waals surface area contributed by atoms with Crippen molar-refractivity contribution >= 4 is 53.9 Å². The van der Waals surface area contributed by atoms with Crippen molar-refractivity contribution in [3.63, 3.8) is 0 Å². The van der Waals surface area contributed by atoms with E-state index in [1.54, 1.807) is 0 Å². The number of aromatic nitrogens is 3. The van der Waals surface area contributed by atoms with Crippen molar-refractivity contribution in [2.24, 2.45) is 0 Å². The van der Waals surface area contributed by atoms with Crippen molar-refractivity contribution in [2.75, 3.05) is 0 Å². The third-order valence-corrected chi connectivity index (χ3v) is 9.07. The monoisotopic (exact) mass is 573 g/mol. The van der Waals surface area contributed by atoms with Gasteiger partial charge in [0.1, 0.15) is 11.5 Å². The maximum Gasteiger partial charge on any atom is 0.167 e. The second-order valence-electron chi connectivity index (χ2n) is 11.6. The summed E-state index contributed by atoms with van der Waals surface area (Å²) in [5.74, 6) is 3.46. The van der Waals surface area contributed by atoms with Crippen LogP contribution < -0.4 is 4.74 Å². The lowest BCUT2D eigenvalue weighted by Gasteiger charge is -2.22. The minimum absolute atomic E-state index is 0.581. The molecule has 45 heavy (non-hydrogen) atoms. The lowest BCUT2D eigenvalue weighted by molar-refractivity contribution is 0.494. The zero-order chi connectivity index (χ0) is 29.5. The summed E-state index contributed by atoms with van der Waals surface area (Å²) in [7, 11) is 0. The molecule has 0 bridgehead atoms. The summed E-state index contributed by atoms with van der Waals surface area (Å²) in [5.41, 5.74) is 2.74. The van der Waals surface area contributed by atoms with Crippen LogP contribution in [0.4, 0.5) is 0 Å². The van der Waals surface area contributed by atoms with Gasteiger partial charge in [0.05, 0.1) is 5.56 Å². The first-order valence-electron chi connectivity index (χ1n) is 15.1. The van der Waals surface area contributed by atoms with Gasteiger partial charge in [0, 0.05) is 27.3 Å². The summed E-state index contributed by atoms with van der Waals surface area (Å²) in [5, 5.41) is 11.6. The maximum atomic E-state index is 6.78. The van der Waals surface area contributed by atoms with E-state index < -0.39 is 0 Å². The quantitative estimate of drug-likeness (QED) is 0.197. The van der Waals surface area contributed by atoms with Crippen LogP contribution in [0.5, 0.6) is 11.5 Å². The predicted octanol–water partition coefficient (Wildman–Crippen LogP) is 10.7. The maximum absolute atomic E-state index is 6.78.